The van der Waals surface area contributed by atoms with Crippen molar-refractivity contribution in [1.82, 2.24) is 10.2 Å². The number of rotatable bonds is 3. The number of aryl methyl sites for hydroxylation is 1. The van der Waals surface area contributed by atoms with Crippen molar-refractivity contribution < 1.29 is 4.92 Å². The van der Waals surface area contributed by atoms with Gasteiger partial charge in [-0.1, -0.05) is 32.0 Å². The van der Waals surface area contributed by atoms with Crippen molar-refractivity contribution in [3.05, 3.63) is 62.6 Å². The van der Waals surface area contributed by atoms with Gasteiger partial charge in [0.1, 0.15) is 11.6 Å². The molecule has 2 heterocycles. The van der Waals surface area contributed by atoms with E-state index in [0.29, 0.717) is 16.9 Å². The summed E-state index contributed by atoms with van der Waals surface area (Å²) in [5.74, 6) is 0.192. The van der Waals surface area contributed by atoms with E-state index < -0.39 is 12.0 Å². The van der Waals surface area contributed by atoms with E-state index in [1.165, 1.54) is 0 Å². The number of para-hydroxylation sites is 1. The van der Waals surface area contributed by atoms with Gasteiger partial charge in [-0.3, -0.25) is 15.2 Å². The lowest BCUT2D eigenvalue weighted by molar-refractivity contribution is -0.386. The number of aromatic amines is 1. The topological polar surface area (TPSA) is 88.5 Å². The van der Waals surface area contributed by atoms with E-state index >= 15 is 0 Å². The molecule has 1 aliphatic heterocycles. The molecule has 0 saturated carbocycles. The second-order valence-corrected chi connectivity index (χ2v) is 6.19. The standard InChI is InChI=1S/C17H17N5O2/c1-9(2)14-15(18-4)13(12-8-19-21-17(12)20-14)11-7-5-6-10(3)16(11)22(23)24/h5-9,13,15H,1-3H3,(H,19,21). The van der Waals surface area contributed by atoms with Crippen LogP contribution < -0.4 is 0 Å². The molecule has 3 rings (SSSR count). The number of benzene rings is 1. The third-order valence-electron chi connectivity index (χ3n) is 4.36. The number of fused-ring (bicyclic) bond motifs is 1. The van der Waals surface area contributed by atoms with Crippen LogP contribution in [0.3, 0.4) is 0 Å². The van der Waals surface area contributed by atoms with Gasteiger partial charge in [0, 0.05) is 16.7 Å². The van der Waals surface area contributed by atoms with Crippen LogP contribution in [0.25, 0.3) is 4.85 Å². The molecule has 1 aromatic heterocycles. The Kier molecular flexibility index (Phi) is 3.89. The van der Waals surface area contributed by atoms with E-state index in [9.17, 15) is 10.1 Å². The first kappa shape index (κ1) is 15.9. The molecule has 0 aliphatic carbocycles. The smallest absolute Gasteiger partial charge is 0.276 e. The number of aliphatic imine (C=N–C) groups is 1. The van der Waals surface area contributed by atoms with E-state index in [0.717, 1.165) is 11.3 Å². The van der Waals surface area contributed by atoms with Crippen LogP contribution in [0.15, 0.2) is 29.4 Å². The normalized spacial score (nSPS) is 19.5. The number of hydrogen-bond acceptors (Lipinski definition) is 4. The lowest BCUT2D eigenvalue weighted by Crippen LogP contribution is -2.32. The predicted octanol–water partition coefficient (Wildman–Crippen LogP) is 3.79. The maximum atomic E-state index is 11.6. The maximum absolute atomic E-state index is 11.6. The molecule has 2 atom stereocenters. The van der Waals surface area contributed by atoms with Crippen LogP contribution in [0.1, 0.15) is 36.5 Å². The lowest BCUT2D eigenvalue weighted by atomic mass is 9.78. The first-order valence-electron chi connectivity index (χ1n) is 7.68. The Balaban J connectivity index is 2.28. The summed E-state index contributed by atoms with van der Waals surface area (Å²) in [5, 5.41) is 18.5. The van der Waals surface area contributed by atoms with Crippen LogP contribution in [0.5, 0.6) is 0 Å². The van der Waals surface area contributed by atoms with Crippen LogP contribution in [-0.4, -0.2) is 26.9 Å². The van der Waals surface area contributed by atoms with Crippen molar-refractivity contribution in [3.63, 3.8) is 0 Å². The Labute approximate surface area is 139 Å². The second-order valence-electron chi connectivity index (χ2n) is 6.19. The first-order chi connectivity index (χ1) is 11.5. The van der Waals surface area contributed by atoms with Crippen molar-refractivity contribution in [2.45, 2.75) is 32.7 Å². The molecular weight excluding hydrogens is 306 g/mol. The van der Waals surface area contributed by atoms with Crippen LogP contribution in [0, 0.1) is 29.5 Å². The fourth-order valence-electron chi connectivity index (χ4n) is 3.27. The Morgan fingerprint density at radius 3 is 2.75 bits per heavy atom. The third kappa shape index (κ3) is 2.36. The largest absolute Gasteiger partial charge is 0.306 e. The summed E-state index contributed by atoms with van der Waals surface area (Å²) in [6, 6.07) is 4.66. The minimum atomic E-state index is -0.574. The molecule has 0 spiro atoms. The van der Waals surface area contributed by atoms with E-state index in [4.69, 9.17) is 6.57 Å². The van der Waals surface area contributed by atoms with Gasteiger partial charge in [-0.15, -0.1) is 0 Å². The Hall–Kier alpha value is -3.01. The Morgan fingerprint density at radius 1 is 1.38 bits per heavy atom. The zero-order valence-electron chi connectivity index (χ0n) is 13.6. The Bertz CT molecular complexity index is 875. The monoisotopic (exact) mass is 323 g/mol. The fourth-order valence-corrected chi connectivity index (χ4v) is 3.27. The summed E-state index contributed by atoms with van der Waals surface area (Å²) in [5.41, 5.74) is 2.64. The van der Waals surface area contributed by atoms with Crippen LogP contribution >= 0.6 is 0 Å². The van der Waals surface area contributed by atoms with Crippen molar-refractivity contribution in [2.75, 3.05) is 0 Å². The minimum Gasteiger partial charge on any atom is -0.306 e. The molecule has 0 fully saturated rings. The molecule has 2 unspecified atom stereocenters. The lowest BCUT2D eigenvalue weighted by Gasteiger charge is -2.25. The second kappa shape index (κ2) is 5.89. The highest BCUT2D eigenvalue weighted by Crippen LogP contribution is 2.44. The van der Waals surface area contributed by atoms with Gasteiger partial charge in [-0.2, -0.15) is 5.10 Å². The van der Waals surface area contributed by atoms with Crippen molar-refractivity contribution >= 4 is 17.2 Å². The molecule has 0 amide bonds. The highest BCUT2D eigenvalue weighted by Gasteiger charge is 2.44. The molecular formula is C17H17N5O2. The summed E-state index contributed by atoms with van der Waals surface area (Å²) in [6.07, 6.45) is 1.62. The summed E-state index contributed by atoms with van der Waals surface area (Å²) in [4.78, 5) is 19.6. The molecule has 0 saturated heterocycles. The third-order valence-corrected chi connectivity index (χ3v) is 4.36. The van der Waals surface area contributed by atoms with Crippen molar-refractivity contribution in [2.24, 2.45) is 10.9 Å². The minimum absolute atomic E-state index is 0.0620. The zero-order valence-corrected chi connectivity index (χ0v) is 13.6. The molecule has 7 heteroatoms. The number of nitrogens with one attached hydrogen (secondary N) is 1. The Morgan fingerprint density at radius 2 is 2.12 bits per heavy atom. The number of nitro benzene ring substituents is 1. The van der Waals surface area contributed by atoms with Gasteiger partial charge in [0.2, 0.25) is 0 Å². The van der Waals surface area contributed by atoms with Crippen LogP contribution in [0.2, 0.25) is 0 Å². The summed E-state index contributed by atoms with van der Waals surface area (Å²) in [7, 11) is 0. The van der Waals surface area contributed by atoms with E-state index in [1.807, 2.05) is 13.8 Å². The molecule has 2 aromatic rings. The van der Waals surface area contributed by atoms with Gasteiger partial charge in [0.05, 0.1) is 11.1 Å². The fraction of sp³-hybridized carbons (Fsp3) is 0.353. The molecule has 0 radical (unpaired) electrons. The number of nitrogens with zero attached hydrogens (tertiary/aromatic N) is 4. The van der Waals surface area contributed by atoms with Gasteiger partial charge in [-0.05, 0) is 12.8 Å². The molecule has 1 aromatic carbocycles. The highest BCUT2D eigenvalue weighted by molar-refractivity contribution is 5.98. The molecule has 24 heavy (non-hydrogen) atoms. The van der Waals surface area contributed by atoms with Crippen LogP contribution in [-0.2, 0) is 0 Å². The first-order valence-corrected chi connectivity index (χ1v) is 7.68. The summed E-state index contributed by atoms with van der Waals surface area (Å²) in [6.45, 7) is 13.3. The zero-order chi connectivity index (χ0) is 17.4. The molecule has 1 aliphatic rings. The number of H-pyrrole nitrogens is 1. The average molecular weight is 323 g/mol. The molecule has 0 bridgehead atoms. The number of nitro groups is 1. The SMILES string of the molecule is [C-]#[N+]C1C(C(C)C)=Nc2[nH]ncc2C1c1cccc(C)c1[N+](=O)[O-]. The van der Waals surface area contributed by atoms with Crippen LogP contribution in [0.4, 0.5) is 11.5 Å². The summed E-state index contributed by atoms with van der Waals surface area (Å²) >= 11 is 0. The number of hydrogen-bond donors (Lipinski definition) is 1. The van der Waals surface area contributed by atoms with Crippen molar-refractivity contribution in [3.8, 4) is 0 Å². The highest BCUT2D eigenvalue weighted by atomic mass is 16.6. The van der Waals surface area contributed by atoms with E-state index in [1.54, 1.807) is 31.3 Å². The van der Waals surface area contributed by atoms with Gasteiger partial charge in [0.15, 0.2) is 5.82 Å². The van der Waals surface area contributed by atoms with Gasteiger partial charge >= 0.3 is 0 Å². The predicted molar refractivity (Wildman–Crippen MR) is 90.6 cm³/mol. The summed E-state index contributed by atoms with van der Waals surface area (Å²) < 4.78 is 0. The average Bonchev–Trinajstić information content (AvgIpc) is 3.00. The van der Waals surface area contributed by atoms with Crippen molar-refractivity contribution in [1.29, 1.82) is 0 Å². The van der Waals surface area contributed by atoms with Gasteiger partial charge in [-0.25, -0.2) is 11.6 Å². The molecule has 1 N–H and O–H groups in total. The molecule has 122 valence electrons. The van der Waals surface area contributed by atoms with E-state index in [2.05, 4.69) is 20.0 Å². The maximum Gasteiger partial charge on any atom is 0.276 e. The van der Waals surface area contributed by atoms with Gasteiger partial charge in [0.25, 0.3) is 11.7 Å². The van der Waals surface area contributed by atoms with Gasteiger partial charge < -0.3 is 4.85 Å². The quantitative estimate of drug-likeness (QED) is 0.529. The number of aromatic nitrogens is 2. The van der Waals surface area contributed by atoms with E-state index in [-0.39, 0.29) is 16.5 Å². The molecule has 7 nitrogen and oxygen atoms in total.